The lowest BCUT2D eigenvalue weighted by Gasteiger charge is -2.18. The molecule has 0 saturated carbocycles. The van der Waals surface area contributed by atoms with E-state index in [2.05, 4.69) is 154 Å². The molecule has 0 aromatic rings. The lowest BCUT2D eigenvalue weighted by Crippen LogP contribution is -2.30. The van der Waals surface area contributed by atoms with E-state index in [1.54, 1.807) is 0 Å². The van der Waals surface area contributed by atoms with Gasteiger partial charge in [0.05, 0.1) is 0 Å². The van der Waals surface area contributed by atoms with E-state index >= 15 is 0 Å². The van der Waals surface area contributed by atoms with Gasteiger partial charge in [-0.2, -0.15) is 0 Å². The number of carbonyl (C=O) groups excluding carboxylic acids is 3. The van der Waals surface area contributed by atoms with E-state index in [1.165, 1.54) is 96.3 Å². The first-order chi connectivity index (χ1) is 38.5. The fraction of sp³-hybridized carbons (Fsp3) is 0.653. The van der Waals surface area contributed by atoms with Gasteiger partial charge >= 0.3 is 17.9 Å². The number of carbonyl (C=O) groups is 3. The van der Waals surface area contributed by atoms with Crippen LogP contribution < -0.4 is 0 Å². The van der Waals surface area contributed by atoms with Crippen LogP contribution in [0.4, 0.5) is 0 Å². The molecule has 0 fully saturated rings. The summed E-state index contributed by atoms with van der Waals surface area (Å²) >= 11 is 0. The van der Waals surface area contributed by atoms with Crippen molar-refractivity contribution < 1.29 is 28.6 Å². The van der Waals surface area contributed by atoms with Crippen molar-refractivity contribution in [3.05, 3.63) is 134 Å². The maximum absolute atomic E-state index is 12.8. The second-order valence-electron chi connectivity index (χ2n) is 20.9. The van der Waals surface area contributed by atoms with Gasteiger partial charge in [0.25, 0.3) is 0 Å². The third-order valence-electron chi connectivity index (χ3n) is 13.4. The number of esters is 3. The first-order valence-corrected chi connectivity index (χ1v) is 32.2. The molecule has 0 aromatic heterocycles. The molecule has 0 heterocycles. The van der Waals surface area contributed by atoms with Crippen LogP contribution in [0.15, 0.2) is 134 Å². The molecule has 1 atom stereocenters. The second kappa shape index (κ2) is 65.1. The monoisotopic (exact) mass is 1080 g/mol. The molecule has 0 N–H and O–H groups in total. The lowest BCUT2D eigenvalue weighted by molar-refractivity contribution is -0.167. The Balaban J connectivity index is 4.27. The summed E-state index contributed by atoms with van der Waals surface area (Å²) < 4.78 is 16.8. The fourth-order valence-electron chi connectivity index (χ4n) is 8.58. The van der Waals surface area contributed by atoms with E-state index in [0.717, 1.165) is 148 Å². The molecule has 0 bridgehead atoms. The van der Waals surface area contributed by atoms with Crippen LogP contribution in [0.25, 0.3) is 0 Å². The van der Waals surface area contributed by atoms with Crippen molar-refractivity contribution in [3.8, 4) is 0 Å². The van der Waals surface area contributed by atoms with Crippen molar-refractivity contribution in [3.63, 3.8) is 0 Å². The van der Waals surface area contributed by atoms with Gasteiger partial charge in [-0.05, 0) is 122 Å². The van der Waals surface area contributed by atoms with Crippen LogP contribution in [-0.4, -0.2) is 37.2 Å². The van der Waals surface area contributed by atoms with Gasteiger partial charge in [0.2, 0.25) is 0 Å². The maximum Gasteiger partial charge on any atom is 0.306 e. The number of hydrogen-bond donors (Lipinski definition) is 0. The van der Waals surface area contributed by atoms with Crippen molar-refractivity contribution in [2.45, 2.75) is 290 Å². The zero-order valence-corrected chi connectivity index (χ0v) is 50.6. The summed E-state index contributed by atoms with van der Waals surface area (Å²) in [4.78, 5) is 38.1. The van der Waals surface area contributed by atoms with Crippen LogP contribution in [0.1, 0.15) is 284 Å². The number of hydrogen-bond acceptors (Lipinski definition) is 6. The first-order valence-electron chi connectivity index (χ1n) is 32.2. The summed E-state index contributed by atoms with van der Waals surface area (Å²) in [6, 6.07) is 0. The molecule has 0 saturated heterocycles. The Kier molecular flexibility index (Phi) is 61.4. The molecule has 0 aliphatic carbocycles. The zero-order chi connectivity index (χ0) is 56.4. The van der Waals surface area contributed by atoms with Crippen molar-refractivity contribution in [1.82, 2.24) is 0 Å². The van der Waals surface area contributed by atoms with Crippen LogP contribution in [0.3, 0.4) is 0 Å². The Morgan fingerprint density at radius 2 is 0.500 bits per heavy atom. The van der Waals surface area contributed by atoms with Crippen molar-refractivity contribution in [1.29, 1.82) is 0 Å². The average molecular weight is 1080 g/mol. The molecule has 0 rings (SSSR count). The predicted molar refractivity (Wildman–Crippen MR) is 339 cm³/mol. The zero-order valence-electron chi connectivity index (χ0n) is 50.6. The molecular formula is C72H118O6. The van der Waals surface area contributed by atoms with Gasteiger partial charge in [-0.15, -0.1) is 0 Å². The maximum atomic E-state index is 12.8. The molecule has 0 radical (unpaired) electrons. The van der Waals surface area contributed by atoms with Gasteiger partial charge in [-0.25, -0.2) is 0 Å². The average Bonchev–Trinajstić information content (AvgIpc) is 3.44. The lowest BCUT2D eigenvalue weighted by atomic mass is 10.1. The number of rotatable bonds is 57. The highest BCUT2D eigenvalue weighted by Crippen LogP contribution is 2.15. The van der Waals surface area contributed by atoms with Gasteiger partial charge in [0.1, 0.15) is 13.2 Å². The van der Waals surface area contributed by atoms with Gasteiger partial charge < -0.3 is 14.2 Å². The van der Waals surface area contributed by atoms with E-state index < -0.39 is 6.10 Å². The summed E-state index contributed by atoms with van der Waals surface area (Å²) in [6.07, 6.45) is 91.8. The largest absolute Gasteiger partial charge is 0.462 e. The predicted octanol–water partition coefficient (Wildman–Crippen LogP) is 22.2. The SMILES string of the molecule is CC/C=C\C/C=C\C/C=C\C/C=C\C/C=C\C/C=C\C/C=C\C/C=C\C/C=C\C/C=C\CCCCCCC(=O)OCC(COC(=O)CCCCCCCCCCCC)OC(=O)CCCCCCC/C=C\CCCCCCCC. The highest BCUT2D eigenvalue weighted by molar-refractivity contribution is 5.71. The minimum atomic E-state index is -0.794. The quantitative estimate of drug-likeness (QED) is 0.0261. The molecular weight excluding hydrogens is 961 g/mol. The molecule has 1 unspecified atom stereocenters. The van der Waals surface area contributed by atoms with Gasteiger partial charge in [0, 0.05) is 19.3 Å². The molecule has 0 aliphatic heterocycles. The van der Waals surface area contributed by atoms with E-state index in [4.69, 9.17) is 14.2 Å². The summed E-state index contributed by atoms with van der Waals surface area (Å²) in [5, 5.41) is 0. The smallest absolute Gasteiger partial charge is 0.306 e. The van der Waals surface area contributed by atoms with Crippen molar-refractivity contribution in [2.24, 2.45) is 0 Å². The van der Waals surface area contributed by atoms with E-state index in [1.807, 2.05) is 0 Å². The Hall–Kier alpha value is -4.45. The van der Waals surface area contributed by atoms with Crippen LogP contribution in [-0.2, 0) is 28.6 Å². The van der Waals surface area contributed by atoms with E-state index in [0.29, 0.717) is 19.3 Å². The number of allylic oxidation sites excluding steroid dienone is 22. The Labute approximate surface area is 481 Å². The Morgan fingerprint density at radius 1 is 0.269 bits per heavy atom. The topological polar surface area (TPSA) is 78.9 Å². The van der Waals surface area contributed by atoms with E-state index in [9.17, 15) is 14.4 Å². The third-order valence-corrected chi connectivity index (χ3v) is 13.4. The third kappa shape index (κ3) is 62.4. The summed E-state index contributed by atoms with van der Waals surface area (Å²) in [6.45, 7) is 6.48. The summed E-state index contributed by atoms with van der Waals surface area (Å²) in [5.74, 6) is -0.925. The van der Waals surface area contributed by atoms with Crippen molar-refractivity contribution >= 4 is 17.9 Å². The second-order valence-corrected chi connectivity index (χ2v) is 20.9. The minimum absolute atomic E-state index is 0.0898. The standard InChI is InChI=1S/C72H118O6/c1-4-7-10-13-16-19-22-24-26-27-28-29-30-31-32-33-34-35-36-37-38-39-40-41-42-43-44-45-47-48-50-53-56-59-62-65-71(74)77-68-69(67-76-70(73)64-61-58-55-52-21-18-15-12-9-6-3)78-72(75)66-63-60-57-54-51-49-46-25-23-20-17-14-11-8-5-2/h7,10,16,19,24-26,28-29,31-32,34-35,37-38,40-41,43-44,46-48,69H,4-6,8-9,11-15,17-18,20-23,27,30,33,36,39,42,45,49-68H2,1-3H3/b10-7-,19-16-,26-24-,29-28-,32-31-,35-34-,38-37-,41-40-,44-43-,46-25-,48-47-. The Morgan fingerprint density at radius 3 is 0.795 bits per heavy atom. The number of ether oxygens (including phenoxy) is 3. The van der Waals surface area contributed by atoms with Crippen LogP contribution in [0, 0.1) is 0 Å². The molecule has 0 aliphatic rings. The molecule has 0 aromatic carbocycles. The molecule has 6 nitrogen and oxygen atoms in total. The van der Waals surface area contributed by atoms with Crippen molar-refractivity contribution in [2.75, 3.05) is 13.2 Å². The van der Waals surface area contributed by atoms with Gasteiger partial charge in [-0.3, -0.25) is 14.4 Å². The molecule has 0 amide bonds. The van der Waals surface area contributed by atoms with Gasteiger partial charge in [-0.1, -0.05) is 276 Å². The molecule has 442 valence electrons. The highest BCUT2D eigenvalue weighted by atomic mass is 16.6. The fourth-order valence-corrected chi connectivity index (χ4v) is 8.58. The Bertz CT molecular complexity index is 1670. The van der Waals surface area contributed by atoms with Crippen LogP contribution in [0.2, 0.25) is 0 Å². The van der Waals surface area contributed by atoms with Gasteiger partial charge in [0.15, 0.2) is 6.10 Å². The van der Waals surface area contributed by atoms with Crippen LogP contribution in [0.5, 0.6) is 0 Å². The minimum Gasteiger partial charge on any atom is -0.462 e. The summed E-state index contributed by atoms with van der Waals surface area (Å²) in [5.41, 5.74) is 0. The summed E-state index contributed by atoms with van der Waals surface area (Å²) in [7, 11) is 0. The first kappa shape index (κ1) is 73.5. The highest BCUT2D eigenvalue weighted by Gasteiger charge is 2.19. The number of unbranched alkanes of at least 4 members (excludes halogenated alkanes) is 24. The normalized spacial score (nSPS) is 13.0. The van der Waals surface area contributed by atoms with E-state index in [-0.39, 0.29) is 31.1 Å². The molecule has 78 heavy (non-hydrogen) atoms. The molecule has 0 spiro atoms. The molecule has 6 heteroatoms. The van der Waals surface area contributed by atoms with Crippen LogP contribution >= 0.6 is 0 Å².